The Hall–Kier alpha value is -2.18. The van der Waals surface area contributed by atoms with Gasteiger partial charge in [0.25, 0.3) is 0 Å². The molecule has 0 amide bonds. The normalized spacial score (nSPS) is 22.2. The molecule has 4 nitrogen and oxygen atoms in total. The molecule has 1 saturated carbocycles. The van der Waals surface area contributed by atoms with E-state index in [9.17, 15) is 0 Å². The summed E-state index contributed by atoms with van der Waals surface area (Å²) in [6.07, 6.45) is 8.95. The van der Waals surface area contributed by atoms with Gasteiger partial charge in [0.1, 0.15) is 0 Å². The Kier molecular flexibility index (Phi) is 5.14. The zero-order valence-electron chi connectivity index (χ0n) is 16.0. The minimum Gasteiger partial charge on any atom is -0.352 e. The first-order valence-corrected chi connectivity index (χ1v) is 11.4. The van der Waals surface area contributed by atoms with E-state index in [2.05, 4.69) is 90.4 Å². The van der Waals surface area contributed by atoms with E-state index in [1.165, 1.54) is 31.4 Å². The van der Waals surface area contributed by atoms with E-state index in [1.54, 1.807) is 0 Å². The van der Waals surface area contributed by atoms with Crippen molar-refractivity contribution in [2.24, 2.45) is 0 Å². The van der Waals surface area contributed by atoms with Gasteiger partial charge in [0.2, 0.25) is 0 Å². The Bertz CT molecular complexity index is 1010. The lowest BCUT2D eigenvalue weighted by Crippen LogP contribution is -2.38. The quantitative estimate of drug-likeness (QED) is 0.510. The maximum absolute atomic E-state index is 5.86. The molecule has 3 heterocycles. The summed E-state index contributed by atoms with van der Waals surface area (Å²) in [7, 11) is 0. The molecule has 1 aliphatic heterocycles. The molecule has 0 bridgehead atoms. The predicted octanol–water partition coefficient (Wildman–Crippen LogP) is 5.55. The van der Waals surface area contributed by atoms with Crippen molar-refractivity contribution in [3.05, 3.63) is 82.9 Å². The number of thiocarbonyl (C=S) groups is 1. The molecule has 2 fully saturated rings. The number of aromatic nitrogens is 2. The number of rotatable bonds is 4. The number of nitrogens with zero attached hydrogens (tertiary/aromatic N) is 3. The van der Waals surface area contributed by atoms with Gasteiger partial charge >= 0.3 is 0 Å². The Balaban J connectivity index is 1.62. The first kappa shape index (κ1) is 18.8. The molecule has 0 unspecified atom stereocenters. The summed E-state index contributed by atoms with van der Waals surface area (Å²) in [4.78, 5) is 7.12. The van der Waals surface area contributed by atoms with Crippen LogP contribution in [0.25, 0.3) is 5.69 Å². The topological polar surface area (TPSA) is 33.1 Å². The van der Waals surface area contributed by atoms with Crippen LogP contribution in [-0.4, -0.2) is 25.6 Å². The number of pyridine rings is 1. The summed E-state index contributed by atoms with van der Waals surface area (Å²) in [6.45, 7) is 0. The second-order valence-electron chi connectivity index (χ2n) is 7.76. The van der Waals surface area contributed by atoms with Crippen LogP contribution in [-0.2, 0) is 0 Å². The van der Waals surface area contributed by atoms with Gasteiger partial charge in [0.05, 0.1) is 17.8 Å². The Morgan fingerprint density at radius 2 is 1.90 bits per heavy atom. The molecule has 5 rings (SSSR count). The van der Waals surface area contributed by atoms with E-state index in [-0.39, 0.29) is 12.1 Å². The summed E-state index contributed by atoms with van der Waals surface area (Å²) in [5.41, 5.74) is 3.41. The van der Waals surface area contributed by atoms with Crippen molar-refractivity contribution < 1.29 is 0 Å². The third kappa shape index (κ3) is 3.49. The smallest absolute Gasteiger partial charge is 0.170 e. The Morgan fingerprint density at radius 1 is 1.03 bits per heavy atom. The summed E-state index contributed by atoms with van der Waals surface area (Å²) >= 11 is 9.47. The van der Waals surface area contributed by atoms with Gasteiger partial charge in [-0.2, -0.15) is 0 Å². The second-order valence-corrected chi connectivity index (χ2v) is 9.06. The van der Waals surface area contributed by atoms with Crippen molar-refractivity contribution in [2.45, 2.75) is 43.8 Å². The maximum atomic E-state index is 5.86. The highest BCUT2D eigenvalue weighted by Gasteiger charge is 2.44. The predicted molar refractivity (Wildman–Crippen MR) is 123 cm³/mol. The van der Waals surface area contributed by atoms with Gasteiger partial charge in [-0.3, -0.25) is 4.98 Å². The Labute approximate surface area is 185 Å². The van der Waals surface area contributed by atoms with Crippen LogP contribution in [0.1, 0.15) is 49.2 Å². The molecule has 2 atom stereocenters. The highest BCUT2D eigenvalue weighted by atomic mass is 79.9. The van der Waals surface area contributed by atoms with Gasteiger partial charge < -0.3 is 14.8 Å². The fourth-order valence-electron chi connectivity index (χ4n) is 4.75. The van der Waals surface area contributed by atoms with Crippen molar-refractivity contribution in [3.8, 4) is 5.69 Å². The maximum Gasteiger partial charge on any atom is 0.170 e. The van der Waals surface area contributed by atoms with Gasteiger partial charge in [-0.15, -0.1) is 0 Å². The number of halogens is 1. The fourth-order valence-corrected chi connectivity index (χ4v) is 5.53. The van der Waals surface area contributed by atoms with Crippen LogP contribution in [0, 0.1) is 0 Å². The fraction of sp³-hybridized carbons (Fsp3) is 0.304. The zero-order valence-corrected chi connectivity index (χ0v) is 18.4. The summed E-state index contributed by atoms with van der Waals surface area (Å²) in [6, 6.07) is 19.5. The van der Waals surface area contributed by atoms with Crippen molar-refractivity contribution in [3.63, 3.8) is 0 Å². The standard InChI is InChI=1S/C23H23BrN4S/c24-16-7-5-10-18(15-16)27-14-6-12-20(27)22-21(19-11-3-4-13-25-19)26-23(29)28(22)17-8-1-2-9-17/h3-7,10-15,17,21-22H,1-2,8-9H2,(H,26,29)/t21-,22-/m0/s1. The van der Waals surface area contributed by atoms with E-state index in [0.717, 1.165) is 21.0 Å². The number of benzene rings is 1. The third-order valence-electron chi connectivity index (χ3n) is 6.02. The van der Waals surface area contributed by atoms with Crippen LogP contribution in [0.2, 0.25) is 0 Å². The molecular formula is C23H23BrN4S. The third-order valence-corrected chi connectivity index (χ3v) is 6.85. The lowest BCUT2D eigenvalue weighted by Gasteiger charge is -2.33. The number of nitrogens with one attached hydrogen (secondary N) is 1. The lowest BCUT2D eigenvalue weighted by molar-refractivity contribution is 0.239. The molecule has 148 valence electrons. The molecule has 6 heteroatoms. The molecular weight excluding hydrogens is 444 g/mol. The highest BCUT2D eigenvalue weighted by Crippen LogP contribution is 2.43. The Morgan fingerprint density at radius 3 is 2.66 bits per heavy atom. The first-order chi connectivity index (χ1) is 14.2. The van der Waals surface area contributed by atoms with E-state index < -0.39 is 0 Å². The van der Waals surface area contributed by atoms with Crippen LogP contribution >= 0.6 is 28.1 Å². The SMILES string of the molecule is S=C1N[C@@H](c2ccccn2)[C@H](c2cccn2-c2cccc(Br)c2)N1C1CCCC1. The van der Waals surface area contributed by atoms with Gasteiger partial charge in [-0.1, -0.05) is 40.9 Å². The van der Waals surface area contributed by atoms with Crippen LogP contribution in [0.5, 0.6) is 0 Å². The minimum absolute atomic E-state index is 0.0325. The van der Waals surface area contributed by atoms with Gasteiger partial charge in [0, 0.05) is 34.3 Å². The summed E-state index contributed by atoms with van der Waals surface area (Å²) < 4.78 is 3.35. The highest BCUT2D eigenvalue weighted by molar-refractivity contribution is 9.10. The van der Waals surface area contributed by atoms with Crippen molar-refractivity contribution >= 4 is 33.3 Å². The molecule has 3 aromatic rings. The molecule has 1 N–H and O–H groups in total. The molecule has 0 spiro atoms. The average molecular weight is 467 g/mol. The molecule has 29 heavy (non-hydrogen) atoms. The first-order valence-electron chi connectivity index (χ1n) is 10.2. The monoisotopic (exact) mass is 466 g/mol. The average Bonchev–Trinajstić information content (AvgIpc) is 3.48. The van der Waals surface area contributed by atoms with Crippen molar-refractivity contribution in [1.29, 1.82) is 0 Å². The lowest BCUT2D eigenvalue weighted by atomic mass is 9.99. The molecule has 1 saturated heterocycles. The van der Waals surface area contributed by atoms with Crippen molar-refractivity contribution in [2.75, 3.05) is 0 Å². The zero-order chi connectivity index (χ0) is 19.8. The molecule has 2 aliphatic rings. The summed E-state index contributed by atoms with van der Waals surface area (Å²) in [5.74, 6) is 0. The number of hydrogen-bond donors (Lipinski definition) is 1. The van der Waals surface area contributed by atoms with Crippen molar-refractivity contribution in [1.82, 2.24) is 19.8 Å². The second kappa shape index (κ2) is 7.92. The number of hydrogen-bond acceptors (Lipinski definition) is 2. The molecule has 1 aliphatic carbocycles. The van der Waals surface area contributed by atoms with E-state index in [0.29, 0.717) is 6.04 Å². The van der Waals surface area contributed by atoms with Crippen LogP contribution < -0.4 is 5.32 Å². The largest absolute Gasteiger partial charge is 0.352 e. The van der Waals surface area contributed by atoms with E-state index >= 15 is 0 Å². The van der Waals surface area contributed by atoms with Crippen LogP contribution in [0.15, 0.2) is 71.5 Å². The van der Waals surface area contributed by atoms with Gasteiger partial charge in [-0.05, 0) is 67.5 Å². The van der Waals surface area contributed by atoms with E-state index in [1.807, 2.05) is 12.3 Å². The molecule has 1 aromatic carbocycles. The van der Waals surface area contributed by atoms with Gasteiger partial charge in [-0.25, -0.2) is 0 Å². The van der Waals surface area contributed by atoms with Crippen LogP contribution in [0.3, 0.4) is 0 Å². The van der Waals surface area contributed by atoms with Crippen LogP contribution in [0.4, 0.5) is 0 Å². The molecule has 2 aromatic heterocycles. The van der Waals surface area contributed by atoms with E-state index in [4.69, 9.17) is 12.2 Å². The summed E-state index contributed by atoms with van der Waals surface area (Å²) in [5, 5.41) is 4.44. The molecule has 0 radical (unpaired) electrons. The minimum atomic E-state index is 0.0325. The van der Waals surface area contributed by atoms with Gasteiger partial charge in [0.15, 0.2) is 5.11 Å².